The van der Waals surface area contributed by atoms with Gasteiger partial charge in [-0.25, -0.2) is 17.5 Å². The molecule has 1 aliphatic rings. The standard InChI is InChI=1S/C13H16BrNO4S/c1-15(8-9-3-2-4-9)20(18,19)12-7-10(13(16)17)5-6-11(12)14/h5-7,9H,2-4,8H2,1H3,(H,16,17). The van der Waals surface area contributed by atoms with Crippen LogP contribution in [0.5, 0.6) is 0 Å². The molecule has 0 unspecified atom stereocenters. The molecule has 20 heavy (non-hydrogen) atoms. The van der Waals surface area contributed by atoms with Crippen molar-refractivity contribution in [2.24, 2.45) is 5.92 Å². The van der Waals surface area contributed by atoms with Crippen LogP contribution in [0, 0.1) is 5.92 Å². The van der Waals surface area contributed by atoms with Crippen molar-refractivity contribution >= 4 is 31.9 Å². The number of nitrogens with zero attached hydrogens (tertiary/aromatic N) is 1. The number of carbonyl (C=O) groups is 1. The molecule has 0 saturated heterocycles. The van der Waals surface area contributed by atoms with Crippen LogP contribution in [-0.4, -0.2) is 37.4 Å². The molecular weight excluding hydrogens is 346 g/mol. The Morgan fingerprint density at radius 3 is 2.60 bits per heavy atom. The number of hydrogen-bond donors (Lipinski definition) is 1. The maximum atomic E-state index is 12.5. The summed E-state index contributed by atoms with van der Waals surface area (Å²) in [6.07, 6.45) is 3.25. The maximum Gasteiger partial charge on any atom is 0.335 e. The fourth-order valence-electron chi connectivity index (χ4n) is 2.14. The Morgan fingerprint density at radius 1 is 1.45 bits per heavy atom. The van der Waals surface area contributed by atoms with E-state index in [1.165, 1.54) is 29.6 Å². The van der Waals surface area contributed by atoms with E-state index in [9.17, 15) is 13.2 Å². The van der Waals surface area contributed by atoms with Gasteiger partial charge in [-0.15, -0.1) is 0 Å². The van der Waals surface area contributed by atoms with Crippen molar-refractivity contribution in [3.8, 4) is 0 Å². The molecule has 0 heterocycles. The van der Waals surface area contributed by atoms with Crippen LogP contribution >= 0.6 is 15.9 Å². The number of carboxylic acid groups (broad SMARTS) is 1. The number of hydrogen-bond acceptors (Lipinski definition) is 3. The number of carboxylic acids is 1. The van der Waals surface area contributed by atoms with Crippen LogP contribution in [-0.2, 0) is 10.0 Å². The molecule has 0 aliphatic heterocycles. The first-order valence-electron chi connectivity index (χ1n) is 6.31. The van der Waals surface area contributed by atoms with Crippen molar-refractivity contribution in [1.29, 1.82) is 0 Å². The second-order valence-corrected chi connectivity index (χ2v) is 7.90. The van der Waals surface area contributed by atoms with Crippen LogP contribution in [0.2, 0.25) is 0 Å². The summed E-state index contributed by atoms with van der Waals surface area (Å²) in [5.41, 5.74) is -0.0381. The smallest absolute Gasteiger partial charge is 0.335 e. The average Bonchev–Trinajstić information content (AvgIpc) is 2.33. The van der Waals surface area contributed by atoms with Crippen LogP contribution in [0.25, 0.3) is 0 Å². The Kier molecular flexibility index (Phi) is 4.51. The molecular formula is C13H16BrNO4S. The Morgan fingerprint density at radius 2 is 2.10 bits per heavy atom. The molecule has 1 fully saturated rings. The second kappa shape index (κ2) is 5.83. The number of halogens is 1. The number of benzene rings is 1. The molecule has 0 spiro atoms. The molecule has 110 valence electrons. The van der Waals surface area contributed by atoms with Gasteiger partial charge < -0.3 is 5.11 Å². The maximum absolute atomic E-state index is 12.5. The van der Waals surface area contributed by atoms with Crippen molar-refractivity contribution in [3.63, 3.8) is 0 Å². The zero-order valence-electron chi connectivity index (χ0n) is 11.0. The van der Waals surface area contributed by atoms with E-state index in [2.05, 4.69) is 15.9 Å². The van der Waals surface area contributed by atoms with Gasteiger partial charge in [0.2, 0.25) is 10.0 Å². The van der Waals surface area contributed by atoms with Crippen molar-refractivity contribution in [1.82, 2.24) is 4.31 Å². The first kappa shape index (κ1) is 15.5. The summed E-state index contributed by atoms with van der Waals surface area (Å²) < 4.78 is 26.7. The first-order valence-corrected chi connectivity index (χ1v) is 8.55. The van der Waals surface area contributed by atoms with Gasteiger partial charge in [-0.3, -0.25) is 0 Å². The molecule has 0 bridgehead atoms. The molecule has 1 aromatic rings. The highest BCUT2D eigenvalue weighted by atomic mass is 79.9. The van der Waals surface area contributed by atoms with E-state index in [0.29, 0.717) is 16.9 Å². The van der Waals surface area contributed by atoms with Gasteiger partial charge >= 0.3 is 5.97 Å². The summed E-state index contributed by atoms with van der Waals surface area (Å²) >= 11 is 3.18. The molecule has 1 N–H and O–H groups in total. The Bertz CT molecular complexity index is 625. The van der Waals surface area contributed by atoms with Crippen molar-refractivity contribution in [2.75, 3.05) is 13.6 Å². The van der Waals surface area contributed by atoms with E-state index in [1.807, 2.05) is 0 Å². The van der Waals surface area contributed by atoms with E-state index < -0.39 is 16.0 Å². The largest absolute Gasteiger partial charge is 0.478 e. The van der Waals surface area contributed by atoms with Crippen LogP contribution < -0.4 is 0 Å². The van der Waals surface area contributed by atoms with Crippen molar-refractivity contribution < 1.29 is 18.3 Å². The third-order valence-electron chi connectivity index (χ3n) is 3.61. The van der Waals surface area contributed by atoms with Crippen molar-refractivity contribution in [2.45, 2.75) is 24.2 Å². The zero-order valence-corrected chi connectivity index (χ0v) is 13.4. The van der Waals surface area contributed by atoms with E-state index >= 15 is 0 Å². The quantitative estimate of drug-likeness (QED) is 0.874. The lowest BCUT2D eigenvalue weighted by molar-refractivity contribution is 0.0696. The van der Waals surface area contributed by atoms with Gasteiger partial charge in [0.15, 0.2) is 0 Å². The fourth-order valence-corrected chi connectivity index (χ4v) is 4.33. The summed E-state index contributed by atoms with van der Waals surface area (Å²) in [6, 6.07) is 4.02. The lowest BCUT2D eigenvalue weighted by Gasteiger charge is -2.29. The SMILES string of the molecule is CN(CC1CCC1)S(=O)(=O)c1cc(C(=O)O)ccc1Br. The third kappa shape index (κ3) is 3.05. The van der Waals surface area contributed by atoms with Gasteiger partial charge in [-0.1, -0.05) is 6.42 Å². The molecule has 2 rings (SSSR count). The number of rotatable bonds is 5. The first-order chi connectivity index (χ1) is 9.32. The second-order valence-electron chi connectivity index (χ2n) is 5.03. The van der Waals surface area contributed by atoms with E-state index in [-0.39, 0.29) is 10.5 Å². The van der Waals surface area contributed by atoms with Crippen molar-refractivity contribution in [3.05, 3.63) is 28.2 Å². The lowest BCUT2D eigenvalue weighted by Crippen LogP contribution is -2.34. The number of aromatic carboxylic acids is 1. The van der Waals surface area contributed by atoms with E-state index in [0.717, 1.165) is 19.3 Å². The third-order valence-corrected chi connectivity index (χ3v) is 6.42. The molecule has 0 aromatic heterocycles. The van der Waals surface area contributed by atoms with E-state index in [4.69, 9.17) is 5.11 Å². The normalized spacial score (nSPS) is 16.1. The molecule has 7 heteroatoms. The molecule has 0 amide bonds. The Labute approximate surface area is 126 Å². The molecule has 1 saturated carbocycles. The minimum atomic E-state index is -3.67. The lowest BCUT2D eigenvalue weighted by atomic mass is 9.86. The minimum Gasteiger partial charge on any atom is -0.478 e. The van der Waals surface area contributed by atoms with Crippen LogP contribution in [0.3, 0.4) is 0 Å². The van der Waals surface area contributed by atoms with Gasteiger partial charge in [0.25, 0.3) is 0 Å². The van der Waals surface area contributed by atoms with Gasteiger partial charge in [0, 0.05) is 18.1 Å². The zero-order chi connectivity index (χ0) is 14.9. The van der Waals surface area contributed by atoms with E-state index in [1.54, 1.807) is 0 Å². The molecule has 1 aromatic carbocycles. The highest BCUT2D eigenvalue weighted by Gasteiger charge is 2.28. The number of sulfonamides is 1. The molecule has 0 atom stereocenters. The molecule has 1 aliphatic carbocycles. The topological polar surface area (TPSA) is 74.7 Å². The Hall–Kier alpha value is -0.920. The highest BCUT2D eigenvalue weighted by molar-refractivity contribution is 9.10. The van der Waals surface area contributed by atoms with Gasteiger partial charge in [0.05, 0.1) is 10.5 Å². The molecule has 5 nitrogen and oxygen atoms in total. The fraction of sp³-hybridized carbons (Fsp3) is 0.462. The highest BCUT2D eigenvalue weighted by Crippen LogP contribution is 2.30. The minimum absolute atomic E-state index is 0.000719. The average molecular weight is 362 g/mol. The summed E-state index contributed by atoms with van der Waals surface area (Å²) in [5, 5.41) is 8.97. The van der Waals surface area contributed by atoms with Gasteiger partial charge in [0.1, 0.15) is 0 Å². The molecule has 0 radical (unpaired) electrons. The summed E-state index contributed by atoms with van der Waals surface area (Å²) in [5.74, 6) is -0.730. The predicted molar refractivity (Wildman–Crippen MR) is 78.3 cm³/mol. The van der Waals surface area contributed by atoms with Crippen LogP contribution in [0.1, 0.15) is 29.6 Å². The van der Waals surface area contributed by atoms with Crippen LogP contribution in [0.4, 0.5) is 0 Å². The summed E-state index contributed by atoms with van der Waals surface area (Å²) in [6.45, 7) is 0.478. The summed E-state index contributed by atoms with van der Waals surface area (Å²) in [4.78, 5) is 11.0. The van der Waals surface area contributed by atoms with Gasteiger partial charge in [-0.05, 0) is 52.9 Å². The van der Waals surface area contributed by atoms with Crippen LogP contribution in [0.15, 0.2) is 27.6 Å². The predicted octanol–water partition coefficient (Wildman–Crippen LogP) is 2.57. The Balaban J connectivity index is 2.32. The van der Waals surface area contributed by atoms with Gasteiger partial charge in [-0.2, -0.15) is 0 Å². The summed E-state index contributed by atoms with van der Waals surface area (Å²) in [7, 11) is -2.14. The monoisotopic (exact) mass is 361 g/mol.